The van der Waals surface area contributed by atoms with Crippen molar-refractivity contribution in [2.24, 2.45) is 5.92 Å². The lowest BCUT2D eigenvalue weighted by Crippen LogP contribution is -2.64. The van der Waals surface area contributed by atoms with Crippen molar-refractivity contribution in [2.45, 2.75) is 36.5 Å². The van der Waals surface area contributed by atoms with Crippen molar-refractivity contribution < 1.29 is 17.3 Å². The smallest absolute Gasteiger partial charge is 0.165 e. The topological polar surface area (TPSA) is 41.9 Å². The van der Waals surface area contributed by atoms with Crippen LogP contribution in [-0.4, -0.2) is 48.9 Å². The predicted molar refractivity (Wildman–Crippen MR) is 82.5 cm³/mol. The Labute approximate surface area is 133 Å². The Kier molecular flexibility index (Phi) is 2.05. The van der Waals surface area contributed by atoms with Gasteiger partial charge in [-0.3, -0.25) is 0 Å². The van der Waals surface area contributed by atoms with E-state index >= 15 is 0 Å². The van der Waals surface area contributed by atoms with Crippen molar-refractivity contribution in [3.05, 3.63) is 35.4 Å². The van der Waals surface area contributed by atoms with Crippen LogP contribution in [0.2, 0.25) is 0 Å². The molecule has 22 heavy (non-hydrogen) atoms. The Balaban J connectivity index is 1.90. The standard InChI is InChI=1S/C18H21NO3/c1-19-8-7-18-11-4-5-13(20)17(18)22-16-14(21-2)6-3-10(15(16)18)9-12(11)19/h3-6,11-13,17,20H,7-9H2,1-2H3/t11-,12+,13?,17?,18-/m0/s1/i12D,17D. The number of hydrogen-bond acceptors (Lipinski definition) is 4. The monoisotopic (exact) mass is 301 g/mol. The zero-order valence-electron chi connectivity index (χ0n) is 14.8. The number of ether oxygens (including phenoxy) is 2. The zero-order valence-corrected chi connectivity index (χ0v) is 12.8. The summed E-state index contributed by atoms with van der Waals surface area (Å²) in [6, 6.07) is 3.02. The number of aliphatic hydroxyl groups is 1. The third-order valence-electron chi connectivity index (χ3n) is 5.87. The number of piperidine rings is 1. The molecule has 2 aliphatic heterocycles. The average molecular weight is 301 g/mol. The lowest BCUT2D eigenvalue weighted by atomic mass is 9.53. The molecule has 116 valence electrons. The van der Waals surface area contributed by atoms with E-state index in [0.717, 1.165) is 11.1 Å². The van der Waals surface area contributed by atoms with E-state index in [2.05, 4.69) is 4.90 Å². The van der Waals surface area contributed by atoms with Crippen LogP contribution in [0.1, 0.15) is 20.3 Å². The van der Waals surface area contributed by atoms with Gasteiger partial charge in [0.2, 0.25) is 0 Å². The van der Waals surface area contributed by atoms with Crippen molar-refractivity contribution in [1.82, 2.24) is 4.90 Å². The maximum absolute atomic E-state index is 10.6. The molecule has 4 aliphatic rings. The van der Waals surface area contributed by atoms with Crippen LogP contribution in [0.4, 0.5) is 0 Å². The number of methoxy groups -OCH3 is 1. The van der Waals surface area contributed by atoms with Crippen LogP contribution in [0.25, 0.3) is 0 Å². The SMILES string of the molecule is [2H]C12Oc3c(OC)ccc4c3[C@@]13CCN(C)[C@]([2H])(C4)[C@@H]3C=CC2O. The molecule has 1 aromatic carbocycles. The zero-order chi connectivity index (χ0) is 16.9. The molecule has 5 atom stereocenters. The molecule has 2 bridgehead atoms. The van der Waals surface area contributed by atoms with Crippen molar-refractivity contribution in [3.63, 3.8) is 0 Å². The van der Waals surface area contributed by atoms with E-state index in [0.29, 0.717) is 30.9 Å². The molecule has 5 rings (SSSR count). The molecule has 4 nitrogen and oxygen atoms in total. The largest absolute Gasteiger partial charge is 0.493 e. The molecule has 0 aromatic heterocycles. The first-order valence-corrected chi connectivity index (χ1v) is 7.85. The Morgan fingerprint density at radius 1 is 1.45 bits per heavy atom. The van der Waals surface area contributed by atoms with Gasteiger partial charge < -0.3 is 19.5 Å². The average Bonchev–Trinajstić information content (AvgIpc) is 2.83. The van der Waals surface area contributed by atoms with E-state index in [1.165, 1.54) is 0 Å². The molecule has 1 saturated heterocycles. The Morgan fingerprint density at radius 3 is 3.14 bits per heavy atom. The van der Waals surface area contributed by atoms with Crippen LogP contribution in [0.5, 0.6) is 11.5 Å². The molecule has 4 heteroatoms. The molecule has 0 amide bonds. The molecule has 1 N–H and O–H groups in total. The summed E-state index contributed by atoms with van der Waals surface area (Å²) in [5.74, 6) is 1.00. The molecule has 2 heterocycles. The second kappa shape index (κ2) is 4.06. The van der Waals surface area contributed by atoms with Gasteiger partial charge in [-0.25, -0.2) is 0 Å². The van der Waals surface area contributed by atoms with Crippen molar-refractivity contribution >= 4 is 0 Å². The van der Waals surface area contributed by atoms with Gasteiger partial charge in [-0.1, -0.05) is 18.2 Å². The summed E-state index contributed by atoms with van der Waals surface area (Å²) in [6.45, 7) is 0.709. The third-order valence-corrected chi connectivity index (χ3v) is 5.87. The number of likely N-dealkylation sites (tertiary alicyclic amines) is 1. The Morgan fingerprint density at radius 2 is 2.32 bits per heavy atom. The van der Waals surface area contributed by atoms with Gasteiger partial charge in [-0.05, 0) is 38.1 Å². The predicted octanol–water partition coefficient (Wildman–Crippen LogP) is 1.50. The molecular weight excluding hydrogens is 278 g/mol. The minimum atomic E-state index is -1.51. The quantitative estimate of drug-likeness (QED) is 0.798. The van der Waals surface area contributed by atoms with E-state index in [4.69, 9.17) is 10.8 Å². The van der Waals surface area contributed by atoms with Gasteiger partial charge in [0.05, 0.1) is 8.48 Å². The van der Waals surface area contributed by atoms with Crippen LogP contribution in [0.3, 0.4) is 0 Å². The second-order valence-corrected chi connectivity index (χ2v) is 6.72. The van der Waals surface area contributed by atoms with Crippen LogP contribution in [0, 0.1) is 5.92 Å². The van der Waals surface area contributed by atoms with E-state index < -0.39 is 23.6 Å². The third kappa shape index (κ3) is 1.28. The van der Waals surface area contributed by atoms with Gasteiger partial charge in [0, 0.05) is 24.3 Å². The van der Waals surface area contributed by atoms with Crippen molar-refractivity contribution in [3.8, 4) is 11.5 Å². The van der Waals surface area contributed by atoms with Gasteiger partial charge in [-0.15, -0.1) is 0 Å². The summed E-state index contributed by atoms with van der Waals surface area (Å²) < 4.78 is 29.9. The van der Waals surface area contributed by atoms with Crippen molar-refractivity contribution in [2.75, 3.05) is 20.7 Å². The highest BCUT2D eigenvalue weighted by molar-refractivity contribution is 5.62. The van der Waals surface area contributed by atoms with Gasteiger partial charge in [-0.2, -0.15) is 0 Å². The van der Waals surface area contributed by atoms with E-state index in [-0.39, 0.29) is 5.92 Å². The first-order valence-electron chi connectivity index (χ1n) is 8.85. The first kappa shape index (κ1) is 11.1. The molecule has 1 aromatic rings. The summed E-state index contributed by atoms with van der Waals surface area (Å²) in [7, 11) is 3.58. The number of aliphatic hydroxyl groups excluding tert-OH is 1. The molecule has 2 aliphatic carbocycles. The maximum Gasteiger partial charge on any atom is 0.165 e. The minimum absolute atomic E-state index is 0.189. The summed E-state index contributed by atoms with van der Waals surface area (Å²) >= 11 is 0. The maximum atomic E-state index is 10.6. The minimum Gasteiger partial charge on any atom is -0.493 e. The highest BCUT2D eigenvalue weighted by Gasteiger charge is 2.64. The Hall–Kier alpha value is -1.52. The number of hydrogen-bond donors (Lipinski definition) is 1. The number of nitrogens with zero attached hydrogens (tertiary/aromatic N) is 1. The summed E-state index contributed by atoms with van der Waals surface area (Å²) in [5, 5.41) is 10.6. The molecule has 1 spiro atoms. The number of likely N-dealkylation sites (N-methyl/N-ethyl adjacent to an activating group) is 1. The summed E-state index contributed by atoms with van der Waals surface area (Å²) in [5.41, 5.74) is 1.33. The molecule has 0 saturated carbocycles. The first-order chi connectivity index (χ1) is 11.4. The fourth-order valence-corrected chi connectivity index (χ4v) is 4.89. The van der Waals surface area contributed by atoms with Crippen LogP contribution in [-0.2, 0) is 11.8 Å². The van der Waals surface area contributed by atoms with Gasteiger partial charge in [0.25, 0.3) is 0 Å². The van der Waals surface area contributed by atoms with Gasteiger partial charge in [0.15, 0.2) is 11.5 Å². The fourth-order valence-electron chi connectivity index (χ4n) is 4.89. The lowest BCUT2D eigenvalue weighted by Gasteiger charge is -2.56. The van der Waals surface area contributed by atoms with Crippen molar-refractivity contribution in [1.29, 1.82) is 0 Å². The van der Waals surface area contributed by atoms with Gasteiger partial charge in [0.1, 0.15) is 12.2 Å². The normalized spacial score (nSPS) is 49.0. The molecule has 0 radical (unpaired) electrons. The van der Waals surface area contributed by atoms with E-state index in [1.54, 1.807) is 13.2 Å². The van der Waals surface area contributed by atoms with Gasteiger partial charge >= 0.3 is 0 Å². The summed E-state index contributed by atoms with van der Waals surface area (Å²) in [4.78, 5) is 2.08. The lowest BCUT2D eigenvalue weighted by molar-refractivity contribution is -0.0453. The highest BCUT2D eigenvalue weighted by Crippen LogP contribution is 2.62. The van der Waals surface area contributed by atoms with E-state index in [1.807, 2.05) is 25.3 Å². The highest BCUT2D eigenvalue weighted by atomic mass is 16.5. The second-order valence-electron chi connectivity index (χ2n) is 6.72. The summed E-state index contributed by atoms with van der Waals surface area (Å²) in [6.07, 6.45) is 2.33. The van der Waals surface area contributed by atoms with Crippen LogP contribution >= 0.6 is 0 Å². The fraction of sp³-hybridized carbons (Fsp3) is 0.556. The number of benzene rings is 1. The molecule has 2 unspecified atom stereocenters. The van der Waals surface area contributed by atoms with Crippen LogP contribution < -0.4 is 9.47 Å². The van der Waals surface area contributed by atoms with Crippen LogP contribution in [0.15, 0.2) is 24.3 Å². The number of rotatable bonds is 1. The Bertz CT molecular complexity index is 784. The molecular formula is C18H21NO3. The van der Waals surface area contributed by atoms with E-state index in [9.17, 15) is 6.48 Å². The molecule has 1 fully saturated rings.